The van der Waals surface area contributed by atoms with Crippen molar-refractivity contribution in [2.45, 2.75) is 31.9 Å². The first-order chi connectivity index (χ1) is 11.2. The highest BCUT2D eigenvalue weighted by molar-refractivity contribution is 6.30. The molecule has 0 radical (unpaired) electrons. The second-order valence-corrected chi connectivity index (χ2v) is 6.46. The van der Waals surface area contributed by atoms with Gasteiger partial charge in [-0.2, -0.15) is 0 Å². The topological polar surface area (TPSA) is 42.7 Å². The van der Waals surface area contributed by atoms with Crippen LogP contribution in [-0.2, 0) is 9.53 Å². The van der Waals surface area contributed by atoms with E-state index in [4.69, 9.17) is 20.8 Å². The summed E-state index contributed by atoms with van der Waals surface area (Å²) in [5, 5.41) is 0.665. The van der Waals surface area contributed by atoms with Crippen LogP contribution in [0.3, 0.4) is 0 Å². The lowest BCUT2D eigenvalue weighted by Gasteiger charge is -2.42. The minimum absolute atomic E-state index is 0.0419. The van der Waals surface area contributed by atoms with Gasteiger partial charge in [-0.15, -0.1) is 0 Å². The lowest BCUT2D eigenvalue weighted by molar-refractivity contribution is -0.119. The molecule has 1 amide bonds. The van der Waals surface area contributed by atoms with E-state index >= 15 is 0 Å². The third-order valence-electron chi connectivity index (χ3n) is 4.78. The van der Waals surface area contributed by atoms with Crippen molar-refractivity contribution in [3.05, 3.63) is 52.9 Å². The van der Waals surface area contributed by atoms with Gasteiger partial charge in [0.2, 0.25) is 5.91 Å². The average molecular weight is 332 g/mol. The number of rotatable bonds is 2. The normalized spacial score (nSPS) is 26.0. The lowest BCUT2D eigenvalue weighted by atomic mass is 9.81. The first kappa shape index (κ1) is 14.8. The molecule has 2 aromatic rings. The largest absolute Gasteiger partial charge is 0.467 e. The Morgan fingerprint density at radius 3 is 3.00 bits per heavy atom. The molecule has 0 bridgehead atoms. The van der Waals surface area contributed by atoms with Gasteiger partial charge in [-0.3, -0.25) is 4.79 Å². The summed E-state index contributed by atoms with van der Waals surface area (Å²) in [7, 11) is 0. The van der Waals surface area contributed by atoms with Crippen LogP contribution >= 0.6 is 11.6 Å². The number of ether oxygens (including phenoxy) is 1. The molecule has 3 heterocycles. The molecule has 3 atom stereocenters. The molecule has 120 valence electrons. The van der Waals surface area contributed by atoms with Gasteiger partial charge >= 0.3 is 0 Å². The van der Waals surface area contributed by atoms with Crippen LogP contribution in [-0.4, -0.2) is 12.5 Å². The van der Waals surface area contributed by atoms with Crippen molar-refractivity contribution in [1.82, 2.24) is 0 Å². The average Bonchev–Trinajstić information content (AvgIpc) is 3.24. The predicted octanol–water partition coefficient (Wildman–Crippen LogP) is 4.51. The standard InChI is InChI=1S/C18H18ClNO3/c1-2-16(21)20-14-6-5-11(19)10-13(14)18-12(7-9-23-18)17(20)15-4-3-8-22-15/h3-6,8,10,12,17-18H,2,7,9H2,1H3/t12-,17-,18-/m1/s1. The van der Waals surface area contributed by atoms with E-state index in [0.29, 0.717) is 18.1 Å². The number of benzene rings is 1. The second-order valence-electron chi connectivity index (χ2n) is 6.02. The Morgan fingerprint density at radius 2 is 2.26 bits per heavy atom. The number of fused-ring (bicyclic) bond motifs is 3. The molecule has 1 saturated heterocycles. The molecule has 1 fully saturated rings. The number of hydrogen-bond acceptors (Lipinski definition) is 3. The van der Waals surface area contributed by atoms with Crippen LogP contribution in [0.15, 0.2) is 41.0 Å². The number of anilines is 1. The summed E-state index contributed by atoms with van der Waals surface area (Å²) in [6.07, 6.45) is 2.96. The Hall–Kier alpha value is -1.78. The summed E-state index contributed by atoms with van der Waals surface area (Å²) in [5.41, 5.74) is 1.88. The number of halogens is 1. The van der Waals surface area contributed by atoms with E-state index in [1.54, 1.807) is 6.26 Å². The summed E-state index contributed by atoms with van der Waals surface area (Å²) in [4.78, 5) is 14.6. The van der Waals surface area contributed by atoms with Gasteiger partial charge in [-0.1, -0.05) is 18.5 Å². The maximum atomic E-state index is 12.7. The van der Waals surface area contributed by atoms with Crippen molar-refractivity contribution >= 4 is 23.2 Å². The quantitative estimate of drug-likeness (QED) is 0.813. The summed E-state index contributed by atoms with van der Waals surface area (Å²) in [6, 6.07) is 9.35. The van der Waals surface area contributed by atoms with E-state index < -0.39 is 0 Å². The SMILES string of the molecule is CCC(=O)N1c2ccc(Cl)cc2[C@@H]2OCC[C@@H]2[C@@H]1c1ccco1. The van der Waals surface area contributed by atoms with Gasteiger partial charge in [0.1, 0.15) is 11.8 Å². The van der Waals surface area contributed by atoms with Crippen molar-refractivity contribution in [3.63, 3.8) is 0 Å². The maximum Gasteiger partial charge on any atom is 0.227 e. The predicted molar refractivity (Wildman–Crippen MR) is 87.5 cm³/mol. The van der Waals surface area contributed by atoms with E-state index in [0.717, 1.165) is 23.4 Å². The zero-order valence-corrected chi connectivity index (χ0v) is 13.6. The zero-order valence-electron chi connectivity index (χ0n) is 12.9. The van der Waals surface area contributed by atoms with E-state index in [1.165, 1.54) is 0 Å². The number of furan rings is 1. The number of amides is 1. The fourth-order valence-corrected chi connectivity index (χ4v) is 4.00. The van der Waals surface area contributed by atoms with Crippen LogP contribution in [0, 0.1) is 5.92 Å². The molecule has 4 rings (SSSR count). The number of hydrogen-bond donors (Lipinski definition) is 0. The molecule has 4 nitrogen and oxygen atoms in total. The highest BCUT2D eigenvalue weighted by Crippen LogP contribution is 2.53. The Labute approximate surface area is 140 Å². The first-order valence-corrected chi connectivity index (χ1v) is 8.35. The van der Waals surface area contributed by atoms with Gasteiger partial charge in [-0.05, 0) is 36.8 Å². The van der Waals surface area contributed by atoms with Crippen LogP contribution in [0.4, 0.5) is 5.69 Å². The molecular weight excluding hydrogens is 314 g/mol. The van der Waals surface area contributed by atoms with E-state index in [1.807, 2.05) is 42.2 Å². The van der Waals surface area contributed by atoms with E-state index in [2.05, 4.69) is 0 Å². The molecule has 0 N–H and O–H groups in total. The molecule has 0 saturated carbocycles. The molecule has 0 aliphatic carbocycles. The fourth-order valence-electron chi connectivity index (χ4n) is 3.82. The highest BCUT2D eigenvalue weighted by Gasteiger charge is 2.48. The Kier molecular flexibility index (Phi) is 3.66. The molecule has 0 unspecified atom stereocenters. The van der Waals surface area contributed by atoms with Crippen molar-refractivity contribution in [3.8, 4) is 0 Å². The molecular formula is C18H18ClNO3. The number of nitrogens with zero attached hydrogens (tertiary/aromatic N) is 1. The Morgan fingerprint density at radius 1 is 1.39 bits per heavy atom. The van der Waals surface area contributed by atoms with Crippen LogP contribution < -0.4 is 4.90 Å². The maximum absolute atomic E-state index is 12.7. The first-order valence-electron chi connectivity index (χ1n) is 7.97. The smallest absolute Gasteiger partial charge is 0.227 e. The lowest BCUT2D eigenvalue weighted by Crippen LogP contribution is -2.43. The summed E-state index contributed by atoms with van der Waals surface area (Å²) < 4.78 is 11.7. The van der Waals surface area contributed by atoms with E-state index in [9.17, 15) is 4.79 Å². The Bertz CT molecular complexity index is 728. The molecule has 0 spiro atoms. The molecule has 23 heavy (non-hydrogen) atoms. The van der Waals surface area contributed by atoms with Gasteiger partial charge in [0.15, 0.2) is 0 Å². The summed E-state index contributed by atoms with van der Waals surface area (Å²) in [5.74, 6) is 1.08. The van der Waals surface area contributed by atoms with Crippen molar-refractivity contribution in [1.29, 1.82) is 0 Å². The van der Waals surface area contributed by atoms with Gasteiger partial charge < -0.3 is 14.1 Å². The van der Waals surface area contributed by atoms with Crippen molar-refractivity contribution in [2.75, 3.05) is 11.5 Å². The number of carbonyl (C=O) groups excluding carboxylic acids is 1. The number of carbonyl (C=O) groups is 1. The third kappa shape index (κ3) is 2.28. The molecule has 2 aliphatic heterocycles. The summed E-state index contributed by atoms with van der Waals surface area (Å²) in [6.45, 7) is 2.57. The molecule has 2 aliphatic rings. The minimum atomic E-state index is -0.126. The van der Waals surface area contributed by atoms with Crippen molar-refractivity contribution in [2.24, 2.45) is 5.92 Å². The van der Waals surface area contributed by atoms with Gasteiger partial charge in [-0.25, -0.2) is 0 Å². The van der Waals surface area contributed by atoms with Gasteiger partial charge in [0, 0.05) is 29.5 Å². The minimum Gasteiger partial charge on any atom is -0.467 e. The summed E-state index contributed by atoms with van der Waals surface area (Å²) >= 11 is 6.19. The molecule has 1 aromatic heterocycles. The third-order valence-corrected chi connectivity index (χ3v) is 5.02. The van der Waals surface area contributed by atoms with Gasteiger partial charge in [0.05, 0.1) is 18.1 Å². The zero-order chi connectivity index (χ0) is 16.0. The monoisotopic (exact) mass is 331 g/mol. The van der Waals surface area contributed by atoms with Crippen LogP contribution in [0.5, 0.6) is 0 Å². The van der Waals surface area contributed by atoms with E-state index in [-0.39, 0.29) is 24.0 Å². The molecule has 1 aromatic carbocycles. The second kappa shape index (κ2) is 5.69. The molecule has 5 heteroatoms. The van der Waals surface area contributed by atoms with Crippen LogP contribution in [0.2, 0.25) is 5.02 Å². The highest BCUT2D eigenvalue weighted by atomic mass is 35.5. The fraction of sp³-hybridized carbons (Fsp3) is 0.389. The van der Waals surface area contributed by atoms with Crippen LogP contribution in [0.25, 0.3) is 0 Å². The van der Waals surface area contributed by atoms with Gasteiger partial charge in [0.25, 0.3) is 0 Å². The van der Waals surface area contributed by atoms with Crippen molar-refractivity contribution < 1.29 is 13.9 Å². The van der Waals surface area contributed by atoms with Crippen LogP contribution in [0.1, 0.15) is 43.2 Å². The Balaban J connectivity index is 1.91.